The first-order valence-corrected chi connectivity index (χ1v) is 6.27. The molecule has 0 heterocycles. The highest BCUT2D eigenvalue weighted by atomic mass is 35.5. The monoisotopic (exact) mass is 283 g/mol. The van der Waals surface area contributed by atoms with Crippen molar-refractivity contribution in [2.24, 2.45) is 5.73 Å². The van der Waals surface area contributed by atoms with Gasteiger partial charge < -0.3 is 5.73 Å². The third kappa shape index (κ3) is 3.22. The van der Waals surface area contributed by atoms with Crippen LogP contribution in [0, 0.1) is 5.82 Å². The molecule has 94 valence electrons. The maximum Gasteiger partial charge on any atom is 0.124 e. The van der Waals surface area contributed by atoms with E-state index in [-0.39, 0.29) is 11.9 Å². The van der Waals surface area contributed by atoms with E-state index in [1.807, 2.05) is 12.1 Å². The zero-order valence-electron chi connectivity index (χ0n) is 9.54. The van der Waals surface area contributed by atoms with E-state index >= 15 is 0 Å². The molecule has 0 radical (unpaired) electrons. The Morgan fingerprint density at radius 2 is 1.72 bits per heavy atom. The van der Waals surface area contributed by atoms with Gasteiger partial charge in [0.1, 0.15) is 5.82 Å². The molecule has 0 aromatic heterocycles. The molecule has 4 heteroatoms. The van der Waals surface area contributed by atoms with Gasteiger partial charge in [-0.15, -0.1) is 0 Å². The van der Waals surface area contributed by atoms with Crippen molar-refractivity contribution in [2.75, 3.05) is 0 Å². The molecule has 1 atom stereocenters. The summed E-state index contributed by atoms with van der Waals surface area (Å²) in [7, 11) is 0. The first kappa shape index (κ1) is 13.3. The fraction of sp³-hybridized carbons (Fsp3) is 0.143. The van der Waals surface area contributed by atoms with Gasteiger partial charge >= 0.3 is 0 Å². The van der Waals surface area contributed by atoms with Crippen LogP contribution in [0.5, 0.6) is 0 Å². The Bertz CT molecular complexity index is 540. The molecule has 1 nitrogen and oxygen atoms in total. The van der Waals surface area contributed by atoms with Crippen LogP contribution in [0.15, 0.2) is 42.5 Å². The van der Waals surface area contributed by atoms with Gasteiger partial charge in [-0.1, -0.05) is 41.4 Å². The highest BCUT2D eigenvalue weighted by molar-refractivity contribution is 6.31. The standard InChI is InChI=1S/C14H12Cl2FN/c15-11-4-1-9(2-5-11)14(18)7-10-3-6-12(17)8-13(10)16/h1-6,8,14H,7,18H2. The van der Waals surface area contributed by atoms with E-state index in [0.29, 0.717) is 16.5 Å². The van der Waals surface area contributed by atoms with Crippen LogP contribution in [0.25, 0.3) is 0 Å². The summed E-state index contributed by atoms with van der Waals surface area (Å²) in [6.07, 6.45) is 0.556. The SMILES string of the molecule is NC(Cc1ccc(F)cc1Cl)c1ccc(Cl)cc1. The van der Waals surface area contributed by atoms with Gasteiger partial charge in [0.2, 0.25) is 0 Å². The first-order chi connectivity index (χ1) is 8.56. The van der Waals surface area contributed by atoms with Crippen LogP contribution >= 0.6 is 23.2 Å². The molecule has 0 aliphatic heterocycles. The number of rotatable bonds is 3. The molecule has 0 aliphatic carbocycles. The summed E-state index contributed by atoms with van der Waals surface area (Å²) in [5, 5.41) is 1.07. The topological polar surface area (TPSA) is 26.0 Å². The van der Waals surface area contributed by atoms with Crippen molar-refractivity contribution in [1.82, 2.24) is 0 Å². The molecule has 0 fully saturated rings. The van der Waals surface area contributed by atoms with Gasteiger partial charge in [-0.05, 0) is 41.8 Å². The predicted octanol–water partition coefficient (Wildman–Crippen LogP) is 4.38. The molecule has 2 aromatic carbocycles. The van der Waals surface area contributed by atoms with Crippen LogP contribution in [0.4, 0.5) is 4.39 Å². The van der Waals surface area contributed by atoms with Crippen molar-refractivity contribution in [3.63, 3.8) is 0 Å². The second-order valence-electron chi connectivity index (χ2n) is 4.10. The Balaban J connectivity index is 2.15. The molecule has 0 aliphatic rings. The van der Waals surface area contributed by atoms with E-state index in [1.165, 1.54) is 12.1 Å². The van der Waals surface area contributed by atoms with Gasteiger partial charge in [0.25, 0.3) is 0 Å². The second kappa shape index (κ2) is 5.70. The first-order valence-electron chi connectivity index (χ1n) is 5.51. The minimum Gasteiger partial charge on any atom is -0.324 e. The Morgan fingerprint density at radius 1 is 1.06 bits per heavy atom. The van der Waals surface area contributed by atoms with E-state index in [0.717, 1.165) is 11.1 Å². The summed E-state index contributed by atoms with van der Waals surface area (Å²) in [6.45, 7) is 0. The minimum atomic E-state index is -0.344. The molecule has 0 saturated heterocycles. The number of hydrogen-bond acceptors (Lipinski definition) is 1. The van der Waals surface area contributed by atoms with Crippen molar-refractivity contribution in [3.8, 4) is 0 Å². The summed E-state index contributed by atoms with van der Waals surface area (Å²) in [5.41, 5.74) is 7.89. The van der Waals surface area contributed by atoms with Gasteiger partial charge in [0.15, 0.2) is 0 Å². The number of benzene rings is 2. The Labute approximate surface area is 115 Å². The molecular formula is C14H12Cl2FN. The van der Waals surface area contributed by atoms with Gasteiger partial charge in [0.05, 0.1) is 0 Å². The van der Waals surface area contributed by atoms with Crippen LogP contribution in [0.1, 0.15) is 17.2 Å². The lowest BCUT2D eigenvalue weighted by Gasteiger charge is -2.13. The van der Waals surface area contributed by atoms with Crippen molar-refractivity contribution >= 4 is 23.2 Å². The Kier molecular flexibility index (Phi) is 4.23. The minimum absolute atomic E-state index is 0.190. The fourth-order valence-corrected chi connectivity index (χ4v) is 2.12. The zero-order valence-corrected chi connectivity index (χ0v) is 11.0. The molecule has 1 unspecified atom stereocenters. The third-order valence-electron chi connectivity index (χ3n) is 2.75. The predicted molar refractivity (Wildman–Crippen MR) is 73.5 cm³/mol. The largest absolute Gasteiger partial charge is 0.324 e. The maximum atomic E-state index is 12.9. The molecule has 0 spiro atoms. The normalized spacial score (nSPS) is 12.4. The smallest absolute Gasteiger partial charge is 0.124 e. The summed E-state index contributed by atoms with van der Waals surface area (Å²) < 4.78 is 12.9. The highest BCUT2D eigenvalue weighted by Gasteiger charge is 2.10. The summed E-state index contributed by atoms with van der Waals surface area (Å²) >= 11 is 11.8. The maximum absolute atomic E-state index is 12.9. The average molecular weight is 284 g/mol. The summed E-state index contributed by atoms with van der Waals surface area (Å²) in [4.78, 5) is 0. The molecule has 0 saturated carbocycles. The van der Waals surface area contributed by atoms with Crippen molar-refractivity contribution < 1.29 is 4.39 Å². The van der Waals surface area contributed by atoms with Crippen LogP contribution < -0.4 is 5.73 Å². The highest BCUT2D eigenvalue weighted by Crippen LogP contribution is 2.23. The molecule has 2 aromatic rings. The third-order valence-corrected chi connectivity index (χ3v) is 3.36. The number of halogens is 3. The molecule has 2 rings (SSSR count). The van der Waals surface area contributed by atoms with E-state index in [4.69, 9.17) is 28.9 Å². The lowest BCUT2D eigenvalue weighted by atomic mass is 10.00. The van der Waals surface area contributed by atoms with Gasteiger partial charge in [-0.3, -0.25) is 0 Å². The molecule has 18 heavy (non-hydrogen) atoms. The van der Waals surface area contributed by atoms with Gasteiger partial charge in [0, 0.05) is 16.1 Å². The van der Waals surface area contributed by atoms with Crippen LogP contribution in [0.2, 0.25) is 10.0 Å². The average Bonchev–Trinajstić information content (AvgIpc) is 2.33. The lowest BCUT2D eigenvalue weighted by molar-refractivity contribution is 0.625. The number of hydrogen-bond donors (Lipinski definition) is 1. The van der Waals surface area contributed by atoms with Crippen LogP contribution in [0.3, 0.4) is 0 Å². The Hall–Kier alpha value is -1.09. The van der Waals surface area contributed by atoms with Crippen molar-refractivity contribution in [1.29, 1.82) is 0 Å². The fourth-order valence-electron chi connectivity index (χ4n) is 1.75. The summed E-state index contributed by atoms with van der Waals surface area (Å²) in [5.74, 6) is -0.344. The molecule has 0 bridgehead atoms. The molecule has 0 amide bonds. The van der Waals surface area contributed by atoms with E-state index < -0.39 is 0 Å². The molecule has 2 N–H and O–H groups in total. The van der Waals surface area contributed by atoms with Crippen LogP contribution in [-0.4, -0.2) is 0 Å². The second-order valence-corrected chi connectivity index (χ2v) is 4.94. The van der Waals surface area contributed by atoms with E-state index in [9.17, 15) is 4.39 Å². The summed E-state index contributed by atoms with van der Waals surface area (Å²) in [6, 6.07) is 11.5. The molecular weight excluding hydrogens is 272 g/mol. The quantitative estimate of drug-likeness (QED) is 0.889. The van der Waals surface area contributed by atoms with E-state index in [1.54, 1.807) is 18.2 Å². The van der Waals surface area contributed by atoms with Crippen molar-refractivity contribution in [2.45, 2.75) is 12.5 Å². The van der Waals surface area contributed by atoms with E-state index in [2.05, 4.69) is 0 Å². The van der Waals surface area contributed by atoms with Gasteiger partial charge in [-0.2, -0.15) is 0 Å². The van der Waals surface area contributed by atoms with Gasteiger partial charge in [-0.25, -0.2) is 4.39 Å². The van der Waals surface area contributed by atoms with Crippen molar-refractivity contribution in [3.05, 3.63) is 69.5 Å². The Morgan fingerprint density at radius 3 is 2.33 bits per heavy atom. The van der Waals surface area contributed by atoms with Crippen LogP contribution in [-0.2, 0) is 6.42 Å². The lowest BCUT2D eigenvalue weighted by Crippen LogP contribution is -2.13. The zero-order chi connectivity index (χ0) is 13.1. The number of nitrogens with two attached hydrogens (primary N) is 1.